The van der Waals surface area contributed by atoms with Crippen molar-refractivity contribution in [3.05, 3.63) is 58.1 Å². The molecule has 0 unspecified atom stereocenters. The molecule has 0 atom stereocenters. The van der Waals surface area contributed by atoms with E-state index >= 15 is 0 Å². The Morgan fingerprint density at radius 2 is 1.91 bits per heavy atom. The van der Waals surface area contributed by atoms with E-state index in [0.717, 1.165) is 18.0 Å². The minimum Gasteiger partial charge on any atom is -0.258 e. The summed E-state index contributed by atoms with van der Waals surface area (Å²) in [6.45, 7) is 0. The summed E-state index contributed by atoms with van der Waals surface area (Å²) in [5, 5.41) is 20.2. The first-order valence-corrected chi connectivity index (χ1v) is 8.69. The maximum absolute atomic E-state index is 11.7. The second kappa shape index (κ2) is 6.17. The van der Waals surface area contributed by atoms with Gasteiger partial charge in [-0.2, -0.15) is 5.26 Å². The van der Waals surface area contributed by atoms with Crippen molar-refractivity contribution in [2.75, 3.05) is 6.26 Å². The van der Waals surface area contributed by atoms with Crippen LogP contribution in [0.3, 0.4) is 0 Å². The number of hydrogen-bond acceptors (Lipinski definition) is 6. The third kappa shape index (κ3) is 3.44. The number of rotatable bonds is 4. The minimum absolute atomic E-state index is 0.211. The Morgan fingerprint density at radius 3 is 2.50 bits per heavy atom. The Labute approximate surface area is 131 Å². The van der Waals surface area contributed by atoms with E-state index in [2.05, 4.69) is 0 Å². The molecule has 0 aliphatic heterocycles. The first-order chi connectivity index (χ1) is 10.3. The van der Waals surface area contributed by atoms with E-state index in [1.807, 2.05) is 6.07 Å². The van der Waals surface area contributed by atoms with Crippen LogP contribution < -0.4 is 0 Å². The molecule has 0 aliphatic rings. The highest BCUT2D eigenvalue weighted by atomic mass is 32.2. The first kappa shape index (κ1) is 16.0. The predicted octanol–water partition coefficient (Wildman–Crippen LogP) is 3.02. The molecule has 0 saturated heterocycles. The quantitative estimate of drug-likeness (QED) is 0.629. The molecule has 0 radical (unpaired) electrons. The number of nitro benzene ring substituents is 1. The highest BCUT2D eigenvalue weighted by Crippen LogP contribution is 2.38. The van der Waals surface area contributed by atoms with Crippen molar-refractivity contribution in [2.24, 2.45) is 0 Å². The van der Waals surface area contributed by atoms with Crippen molar-refractivity contribution in [1.82, 2.24) is 0 Å². The lowest BCUT2D eigenvalue weighted by Gasteiger charge is -2.06. The van der Waals surface area contributed by atoms with Crippen LogP contribution in [0.4, 0.5) is 5.69 Å². The zero-order valence-electron chi connectivity index (χ0n) is 11.4. The lowest BCUT2D eigenvalue weighted by atomic mass is 10.2. The van der Waals surface area contributed by atoms with Crippen molar-refractivity contribution in [2.45, 2.75) is 14.7 Å². The van der Waals surface area contributed by atoms with E-state index in [0.29, 0.717) is 10.5 Å². The molecule has 0 aliphatic carbocycles. The molecule has 0 N–H and O–H groups in total. The van der Waals surface area contributed by atoms with Crippen molar-refractivity contribution in [3.63, 3.8) is 0 Å². The molecular formula is C14H10N2O4S2. The molecule has 0 spiro atoms. The standard InChI is InChI=1S/C14H10N2O4S2/c1-22(19,20)13-7-3-6-12(14(13)16(17)18)21-11-5-2-4-10(8-11)9-15/h2-8H,1H3. The molecule has 0 fully saturated rings. The number of nitro groups is 1. The second-order valence-electron chi connectivity index (χ2n) is 4.37. The van der Waals surface area contributed by atoms with Gasteiger partial charge < -0.3 is 0 Å². The lowest BCUT2D eigenvalue weighted by Crippen LogP contribution is -2.03. The lowest BCUT2D eigenvalue weighted by molar-refractivity contribution is -0.390. The Balaban J connectivity index is 2.56. The van der Waals surface area contributed by atoms with Crippen LogP contribution in [0.5, 0.6) is 0 Å². The third-order valence-electron chi connectivity index (χ3n) is 2.73. The van der Waals surface area contributed by atoms with Crippen LogP contribution in [0.2, 0.25) is 0 Å². The van der Waals surface area contributed by atoms with Crippen LogP contribution in [0.25, 0.3) is 0 Å². The summed E-state index contributed by atoms with van der Waals surface area (Å²) in [5.41, 5.74) is -0.0238. The van der Waals surface area contributed by atoms with Crippen LogP contribution in [0.1, 0.15) is 5.56 Å². The number of benzene rings is 2. The fourth-order valence-electron chi connectivity index (χ4n) is 1.82. The van der Waals surface area contributed by atoms with Gasteiger partial charge in [0.25, 0.3) is 0 Å². The average molecular weight is 334 g/mol. The smallest absolute Gasteiger partial charge is 0.258 e. The molecule has 0 amide bonds. The van der Waals surface area contributed by atoms with Gasteiger partial charge in [0.1, 0.15) is 4.90 Å². The van der Waals surface area contributed by atoms with Gasteiger partial charge in [-0.15, -0.1) is 0 Å². The number of hydrogen-bond donors (Lipinski definition) is 0. The monoisotopic (exact) mass is 334 g/mol. The summed E-state index contributed by atoms with van der Waals surface area (Å²) in [6, 6.07) is 12.7. The molecule has 6 nitrogen and oxygen atoms in total. The molecule has 8 heteroatoms. The van der Waals surface area contributed by atoms with E-state index < -0.39 is 20.4 Å². The van der Waals surface area contributed by atoms with E-state index in [9.17, 15) is 18.5 Å². The van der Waals surface area contributed by atoms with Crippen LogP contribution in [0, 0.1) is 21.4 Å². The van der Waals surface area contributed by atoms with Gasteiger partial charge in [-0.05, 0) is 30.3 Å². The van der Waals surface area contributed by atoms with Crippen LogP contribution in [0.15, 0.2) is 57.2 Å². The van der Waals surface area contributed by atoms with E-state index in [-0.39, 0.29) is 9.79 Å². The van der Waals surface area contributed by atoms with Crippen molar-refractivity contribution in [3.8, 4) is 6.07 Å². The normalized spacial score (nSPS) is 10.9. The molecular weight excluding hydrogens is 324 g/mol. The van der Waals surface area contributed by atoms with Gasteiger partial charge >= 0.3 is 5.69 Å². The molecule has 22 heavy (non-hydrogen) atoms. The highest BCUT2D eigenvalue weighted by Gasteiger charge is 2.26. The van der Waals surface area contributed by atoms with E-state index in [4.69, 9.17) is 5.26 Å². The zero-order valence-corrected chi connectivity index (χ0v) is 13.0. The van der Waals surface area contributed by atoms with Crippen LogP contribution in [-0.2, 0) is 9.84 Å². The summed E-state index contributed by atoms with van der Waals surface area (Å²) < 4.78 is 23.4. The number of para-hydroxylation sites is 1. The Hall–Kier alpha value is -2.37. The van der Waals surface area contributed by atoms with E-state index in [1.165, 1.54) is 18.2 Å². The molecule has 2 rings (SSSR count). The summed E-state index contributed by atoms with van der Waals surface area (Å²) in [7, 11) is -3.71. The molecule has 2 aromatic carbocycles. The summed E-state index contributed by atoms with van der Waals surface area (Å²) in [6.07, 6.45) is 0.931. The van der Waals surface area contributed by atoms with Gasteiger partial charge in [0.2, 0.25) is 0 Å². The van der Waals surface area contributed by atoms with Gasteiger partial charge in [-0.25, -0.2) is 8.42 Å². The second-order valence-corrected chi connectivity index (χ2v) is 7.47. The number of nitriles is 1. The van der Waals surface area contributed by atoms with Crippen molar-refractivity contribution in [1.29, 1.82) is 5.26 Å². The number of sulfone groups is 1. The average Bonchev–Trinajstić information content (AvgIpc) is 2.46. The molecule has 0 saturated carbocycles. The predicted molar refractivity (Wildman–Crippen MR) is 81.5 cm³/mol. The maximum atomic E-state index is 11.7. The van der Waals surface area contributed by atoms with Crippen molar-refractivity contribution >= 4 is 27.3 Å². The van der Waals surface area contributed by atoms with Crippen molar-refractivity contribution < 1.29 is 13.3 Å². The fourth-order valence-corrected chi connectivity index (χ4v) is 3.76. The Bertz CT molecular complexity index is 886. The summed E-state index contributed by atoms with van der Waals surface area (Å²) >= 11 is 1.05. The molecule has 0 bridgehead atoms. The molecule has 0 heterocycles. The Morgan fingerprint density at radius 1 is 1.23 bits per heavy atom. The Kier molecular flexibility index (Phi) is 4.49. The molecule has 0 aromatic heterocycles. The summed E-state index contributed by atoms with van der Waals surface area (Å²) in [5.74, 6) is 0. The van der Waals surface area contributed by atoms with E-state index in [1.54, 1.807) is 24.3 Å². The van der Waals surface area contributed by atoms with Gasteiger partial charge in [-0.1, -0.05) is 23.9 Å². The summed E-state index contributed by atoms with van der Waals surface area (Å²) in [4.78, 5) is 11.1. The molecule has 112 valence electrons. The zero-order chi connectivity index (χ0) is 16.3. The van der Waals surface area contributed by atoms with Crippen LogP contribution in [-0.4, -0.2) is 19.6 Å². The third-order valence-corrected chi connectivity index (χ3v) is 4.90. The van der Waals surface area contributed by atoms with Gasteiger partial charge in [0, 0.05) is 11.2 Å². The largest absolute Gasteiger partial charge is 0.301 e. The fraction of sp³-hybridized carbons (Fsp3) is 0.0714. The topological polar surface area (TPSA) is 101 Å². The van der Waals surface area contributed by atoms with Gasteiger partial charge in [0.05, 0.1) is 21.5 Å². The van der Waals surface area contributed by atoms with Crippen LogP contribution >= 0.6 is 11.8 Å². The number of nitrogens with zero attached hydrogens (tertiary/aromatic N) is 2. The SMILES string of the molecule is CS(=O)(=O)c1cccc(Sc2cccc(C#N)c2)c1[N+](=O)[O-]. The molecule has 2 aromatic rings. The van der Waals surface area contributed by atoms with Gasteiger partial charge in [-0.3, -0.25) is 10.1 Å². The minimum atomic E-state index is -3.71. The first-order valence-electron chi connectivity index (χ1n) is 5.98. The van der Waals surface area contributed by atoms with Gasteiger partial charge in [0.15, 0.2) is 9.84 Å². The highest BCUT2D eigenvalue weighted by molar-refractivity contribution is 7.99. The maximum Gasteiger partial charge on any atom is 0.301 e.